The second-order valence-electron chi connectivity index (χ2n) is 5.26. The van der Waals surface area contributed by atoms with E-state index in [2.05, 4.69) is 54.6 Å². The van der Waals surface area contributed by atoms with Crippen LogP contribution in [0.4, 0.5) is 0 Å². The highest BCUT2D eigenvalue weighted by Gasteiger charge is 2.18. The van der Waals surface area contributed by atoms with Crippen LogP contribution in [0.3, 0.4) is 0 Å². The number of benzene rings is 2. The van der Waals surface area contributed by atoms with Crippen LogP contribution in [0.15, 0.2) is 54.6 Å². The molecule has 1 heteroatoms. The summed E-state index contributed by atoms with van der Waals surface area (Å²) in [6.07, 6.45) is 6.24. The molecule has 0 amide bonds. The molecule has 0 N–H and O–H groups in total. The van der Waals surface area contributed by atoms with Gasteiger partial charge in [-0.2, -0.15) is 0 Å². The van der Waals surface area contributed by atoms with E-state index in [1.807, 2.05) is 0 Å². The molecule has 19 heavy (non-hydrogen) atoms. The number of rotatable bonds is 4. The summed E-state index contributed by atoms with van der Waals surface area (Å²) in [7, 11) is 0. The first-order chi connectivity index (χ1) is 9.42. The maximum Gasteiger partial charge on any atom is 0.122 e. The van der Waals surface area contributed by atoms with Gasteiger partial charge in [-0.3, -0.25) is 0 Å². The summed E-state index contributed by atoms with van der Waals surface area (Å²) in [5, 5.41) is 0. The third-order valence-corrected chi connectivity index (χ3v) is 3.84. The average Bonchev–Trinajstić information content (AvgIpc) is 2.48. The van der Waals surface area contributed by atoms with Crippen molar-refractivity contribution >= 4 is 0 Å². The Bertz CT molecular complexity index is 518. The van der Waals surface area contributed by atoms with Gasteiger partial charge in [-0.15, -0.1) is 0 Å². The molecule has 0 saturated carbocycles. The summed E-state index contributed by atoms with van der Waals surface area (Å²) in [6, 6.07) is 19.1. The molecule has 1 unspecified atom stereocenters. The van der Waals surface area contributed by atoms with Crippen molar-refractivity contribution in [3.63, 3.8) is 0 Å². The quantitative estimate of drug-likeness (QED) is 0.783. The van der Waals surface area contributed by atoms with Crippen molar-refractivity contribution in [2.24, 2.45) is 0 Å². The van der Waals surface area contributed by atoms with Crippen molar-refractivity contribution in [3.8, 4) is 5.75 Å². The van der Waals surface area contributed by atoms with E-state index in [-0.39, 0.29) is 0 Å². The smallest absolute Gasteiger partial charge is 0.122 e. The Labute approximate surface area is 115 Å². The molecule has 0 saturated heterocycles. The average molecular weight is 252 g/mol. The predicted octanol–water partition coefficient (Wildman–Crippen LogP) is 4.40. The molecule has 0 bridgehead atoms. The molecule has 1 aliphatic heterocycles. The Morgan fingerprint density at radius 2 is 1.74 bits per heavy atom. The fourth-order valence-electron chi connectivity index (χ4n) is 2.76. The second-order valence-corrected chi connectivity index (χ2v) is 5.26. The van der Waals surface area contributed by atoms with Crippen LogP contribution in [0, 0.1) is 0 Å². The Kier molecular flexibility index (Phi) is 3.83. The number of hydrogen-bond acceptors (Lipinski definition) is 1. The highest BCUT2D eigenvalue weighted by molar-refractivity contribution is 5.35. The standard InChI is InChI=1S/C18H20O/c1-2-7-15(8-3-1)9-6-11-17-14-13-16-10-4-5-12-18(16)19-17/h1-5,7-8,10,12,17H,6,9,11,13-14H2. The van der Waals surface area contributed by atoms with Gasteiger partial charge in [0.05, 0.1) is 6.10 Å². The van der Waals surface area contributed by atoms with Crippen molar-refractivity contribution in [1.82, 2.24) is 0 Å². The van der Waals surface area contributed by atoms with Crippen LogP contribution in [0.1, 0.15) is 30.4 Å². The molecular formula is C18H20O. The molecule has 3 rings (SSSR count). The zero-order chi connectivity index (χ0) is 12.9. The van der Waals surface area contributed by atoms with Gasteiger partial charge in [0, 0.05) is 0 Å². The molecule has 98 valence electrons. The lowest BCUT2D eigenvalue weighted by Crippen LogP contribution is -2.22. The molecule has 1 aliphatic rings. The van der Waals surface area contributed by atoms with E-state index in [4.69, 9.17) is 4.74 Å². The lowest BCUT2D eigenvalue weighted by molar-refractivity contribution is 0.161. The number of para-hydroxylation sites is 1. The van der Waals surface area contributed by atoms with Crippen LogP contribution >= 0.6 is 0 Å². The summed E-state index contributed by atoms with van der Waals surface area (Å²) in [6.45, 7) is 0. The van der Waals surface area contributed by atoms with Crippen LogP contribution in [-0.2, 0) is 12.8 Å². The van der Waals surface area contributed by atoms with E-state index < -0.39 is 0 Å². The van der Waals surface area contributed by atoms with Crippen molar-refractivity contribution in [3.05, 3.63) is 65.7 Å². The van der Waals surface area contributed by atoms with Crippen LogP contribution in [0.5, 0.6) is 5.75 Å². The van der Waals surface area contributed by atoms with Gasteiger partial charge in [-0.05, 0) is 49.3 Å². The Morgan fingerprint density at radius 3 is 2.63 bits per heavy atom. The summed E-state index contributed by atoms with van der Waals surface area (Å²) in [5.41, 5.74) is 2.79. The number of fused-ring (bicyclic) bond motifs is 1. The third-order valence-electron chi connectivity index (χ3n) is 3.84. The number of aryl methyl sites for hydroxylation is 2. The van der Waals surface area contributed by atoms with Gasteiger partial charge < -0.3 is 4.74 Å². The molecular weight excluding hydrogens is 232 g/mol. The third kappa shape index (κ3) is 3.17. The summed E-state index contributed by atoms with van der Waals surface area (Å²) >= 11 is 0. The normalized spacial score (nSPS) is 17.6. The predicted molar refractivity (Wildman–Crippen MR) is 78.6 cm³/mol. The fourth-order valence-corrected chi connectivity index (χ4v) is 2.76. The lowest BCUT2D eigenvalue weighted by atomic mass is 9.98. The first-order valence-electron chi connectivity index (χ1n) is 7.20. The zero-order valence-corrected chi connectivity index (χ0v) is 11.2. The molecule has 0 aliphatic carbocycles. The zero-order valence-electron chi connectivity index (χ0n) is 11.2. The topological polar surface area (TPSA) is 9.23 Å². The maximum atomic E-state index is 6.07. The van der Waals surface area contributed by atoms with Gasteiger partial charge in [0.25, 0.3) is 0 Å². The molecule has 1 atom stereocenters. The first-order valence-corrected chi connectivity index (χ1v) is 7.20. The van der Waals surface area contributed by atoms with Crippen LogP contribution in [0.25, 0.3) is 0 Å². The minimum Gasteiger partial charge on any atom is -0.490 e. The van der Waals surface area contributed by atoms with Gasteiger partial charge in [0.2, 0.25) is 0 Å². The highest BCUT2D eigenvalue weighted by atomic mass is 16.5. The van der Waals surface area contributed by atoms with Gasteiger partial charge in [-0.1, -0.05) is 48.5 Å². The fraction of sp³-hybridized carbons (Fsp3) is 0.333. The van der Waals surface area contributed by atoms with Crippen molar-refractivity contribution in [2.45, 2.75) is 38.2 Å². The summed E-state index contributed by atoms with van der Waals surface area (Å²) in [5.74, 6) is 1.10. The molecule has 0 fully saturated rings. The molecule has 0 radical (unpaired) electrons. The van der Waals surface area contributed by atoms with Crippen LogP contribution in [-0.4, -0.2) is 6.10 Å². The van der Waals surface area contributed by atoms with Crippen molar-refractivity contribution < 1.29 is 4.74 Å². The molecule has 0 spiro atoms. The molecule has 2 aromatic carbocycles. The van der Waals surface area contributed by atoms with E-state index in [0.717, 1.165) is 31.4 Å². The maximum absolute atomic E-state index is 6.07. The first kappa shape index (κ1) is 12.3. The largest absolute Gasteiger partial charge is 0.490 e. The van der Waals surface area contributed by atoms with Gasteiger partial charge in [-0.25, -0.2) is 0 Å². The number of ether oxygens (including phenoxy) is 1. The minimum atomic E-state index is 0.401. The number of hydrogen-bond donors (Lipinski definition) is 0. The Hall–Kier alpha value is -1.76. The van der Waals surface area contributed by atoms with Gasteiger partial charge >= 0.3 is 0 Å². The monoisotopic (exact) mass is 252 g/mol. The Morgan fingerprint density at radius 1 is 0.947 bits per heavy atom. The minimum absolute atomic E-state index is 0.401. The van der Waals surface area contributed by atoms with Gasteiger partial charge in [0.15, 0.2) is 0 Å². The van der Waals surface area contributed by atoms with Crippen molar-refractivity contribution in [1.29, 1.82) is 0 Å². The van der Waals surface area contributed by atoms with Crippen LogP contribution in [0.2, 0.25) is 0 Å². The van der Waals surface area contributed by atoms with E-state index in [1.165, 1.54) is 17.5 Å². The molecule has 0 aromatic heterocycles. The van der Waals surface area contributed by atoms with Crippen LogP contribution < -0.4 is 4.74 Å². The Balaban J connectivity index is 1.50. The van der Waals surface area contributed by atoms with E-state index in [1.54, 1.807) is 0 Å². The van der Waals surface area contributed by atoms with E-state index in [9.17, 15) is 0 Å². The summed E-state index contributed by atoms with van der Waals surface area (Å²) < 4.78 is 6.07. The van der Waals surface area contributed by atoms with E-state index >= 15 is 0 Å². The second kappa shape index (κ2) is 5.92. The van der Waals surface area contributed by atoms with Crippen molar-refractivity contribution in [2.75, 3.05) is 0 Å². The molecule has 1 nitrogen and oxygen atoms in total. The molecule has 1 heterocycles. The summed E-state index contributed by atoms with van der Waals surface area (Å²) in [4.78, 5) is 0. The van der Waals surface area contributed by atoms with E-state index in [0.29, 0.717) is 6.10 Å². The molecule has 2 aromatic rings. The SMILES string of the molecule is c1ccc(CCCC2CCc3ccccc3O2)cc1. The van der Waals surface area contributed by atoms with Gasteiger partial charge in [0.1, 0.15) is 5.75 Å². The highest BCUT2D eigenvalue weighted by Crippen LogP contribution is 2.28. The lowest BCUT2D eigenvalue weighted by Gasteiger charge is -2.26.